The topological polar surface area (TPSA) is 15.3 Å². The molecule has 14 heavy (non-hydrogen) atoms. The highest BCUT2D eigenvalue weighted by Gasteiger charge is 2.29. The molecule has 2 aliphatic carbocycles. The standard InChI is InChI=1S/C12H24N2/c1-10(2)9-14(12-5-6-12)8-7-13-11-3-4-11/h10-13H,3-9H2,1-2H3. The second kappa shape index (κ2) is 4.63. The van der Waals surface area contributed by atoms with Crippen molar-refractivity contribution in [3.63, 3.8) is 0 Å². The fourth-order valence-corrected chi connectivity index (χ4v) is 2.03. The summed E-state index contributed by atoms with van der Waals surface area (Å²) in [6, 6.07) is 1.80. The Balaban J connectivity index is 1.61. The molecule has 82 valence electrons. The summed E-state index contributed by atoms with van der Waals surface area (Å²) < 4.78 is 0. The third kappa shape index (κ3) is 3.58. The summed E-state index contributed by atoms with van der Waals surface area (Å²) in [7, 11) is 0. The van der Waals surface area contributed by atoms with Crippen molar-refractivity contribution in [1.29, 1.82) is 0 Å². The molecule has 0 heterocycles. The van der Waals surface area contributed by atoms with Crippen molar-refractivity contribution in [3.8, 4) is 0 Å². The minimum atomic E-state index is 0.816. The van der Waals surface area contributed by atoms with Crippen LogP contribution in [-0.4, -0.2) is 36.6 Å². The fourth-order valence-electron chi connectivity index (χ4n) is 2.03. The van der Waals surface area contributed by atoms with Gasteiger partial charge < -0.3 is 5.32 Å². The van der Waals surface area contributed by atoms with E-state index in [0.29, 0.717) is 0 Å². The Kier molecular flexibility index (Phi) is 3.45. The van der Waals surface area contributed by atoms with Gasteiger partial charge in [-0.1, -0.05) is 13.8 Å². The molecule has 0 spiro atoms. The third-order valence-corrected chi connectivity index (χ3v) is 3.07. The van der Waals surface area contributed by atoms with E-state index in [4.69, 9.17) is 0 Å². The monoisotopic (exact) mass is 196 g/mol. The van der Waals surface area contributed by atoms with Crippen LogP contribution in [0.2, 0.25) is 0 Å². The molecule has 0 aromatic carbocycles. The summed E-state index contributed by atoms with van der Waals surface area (Å²) in [5, 5.41) is 3.60. The molecule has 0 amide bonds. The molecule has 2 rings (SSSR count). The van der Waals surface area contributed by atoms with Crippen LogP contribution in [0.4, 0.5) is 0 Å². The van der Waals surface area contributed by atoms with E-state index in [1.165, 1.54) is 45.3 Å². The number of hydrogen-bond acceptors (Lipinski definition) is 2. The first-order valence-corrected chi connectivity index (χ1v) is 6.23. The third-order valence-electron chi connectivity index (χ3n) is 3.07. The summed E-state index contributed by atoms with van der Waals surface area (Å²) >= 11 is 0. The van der Waals surface area contributed by atoms with Gasteiger partial charge in [0.2, 0.25) is 0 Å². The molecule has 2 aliphatic rings. The zero-order valence-corrected chi connectivity index (χ0v) is 9.63. The highest BCUT2D eigenvalue weighted by atomic mass is 15.2. The van der Waals surface area contributed by atoms with Crippen LogP contribution in [0.15, 0.2) is 0 Å². The number of rotatable bonds is 7. The van der Waals surface area contributed by atoms with Gasteiger partial charge in [-0.2, -0.15) is 0 Å². The van der Waals surface area contributed by atoms with Gasteiger partial charge in [0.25, 0.3) is 0 Å². The van der Waals surface area contributed by atoms with E-state index in [1.54, 1.807) is 0 Å². The van der Waals surface area contributed by atoms with Crippen molar-refractivity contribution in [1.82, 2.24) is 10.2 Å². The quantitative estimate of drug-likeness (QED) is 0.668. The second-order valence-electron chi connectivity index (χ2n) is 5.35. The second-order valence-corrected chi connectivity index (χ2v) is 5.35. The van der Waals surface area contributed by atoms with Gasteiger partial charge in [0.05, 0.1) is 0 Å². The Bertz CT molecular complexity index is 171. The number of hydrogen-bond donors (Lipinski definition) is 1. The van der Waals surface area contributed by atoms with Gasteiger partial charge in [-0.05, 0) is 31.6 Å². The van der Waals surface area contributed by atoms with E-state index >= 15 is 0 Å². The molecule has 0 saturated heterocycles. The van der Waals surface area contributed by atoms with Crippen LogP contribution in [0.5, 0.6) is 0 Å². The first-order chi connectivity index (χ1) is 6.75. The van der Waals surface area contributed by atoms with E-state index in [-0.39, 0.29) is 0 Å². The fraction of sp³-hybridized carbons (Fsp3) is 1.00. The summed E-state index contributed by atoms with van der Waals surface area (Å²) in [6.45, 7) is 8.40. The molecule has 2 fully saturated rings. The normalized spacial score (nSPS) is 22.3. The molecule has 0 atom stereocenters. The van der Waals surface area contributed by atoms with Crippen molar-refractivity contribution in [3.05, 3.63) is 0 Å². The van der Waals surface area contributed by atoms with Crippen LogP contribution in [0.25, 0.3) is 0 Å². The van der Waals surface area contributed by atoms with Crippen molar-refractivity contribution in [2.45, 2.75) is 51.6 Å². The maximum absolute atomic E-state index is 3.60. The molecule has 2 saturated carbocycles. The van der Waals surface area contributed by atoms with Crippen molar-refractivity contribution in [2.75, 3.05) is 19.6 Å². The minimum Gasteiger partial charge on any atom is -0.313 e. The Morgan fingerprint density at radius 3 is 2.43 bits per heavy atom. The van der Waals surface area contributed by atoms with Gasteiger partial charge in [-0.3, -0.25) is 4.90 Å². The summed E-state index contributed by atoms with van der Waals surface area (Å²) in [5.41, 5.74) is 0. The van der Waals surface area contributed by atoms with Crippen molar-refractivity contribution >= 4 is 0 Å². The molecular formula is C12H24N2. The van der Waals surface area contributed by atoms with Crippen LogP contribution in [0.3, 0.4) is 0 Å². The lowest BCUT2D eigenvalue weighted by atomic mass is 10.2. The molecule has 0 aliphatic heterocycles. The Morgan fingerprint density at radius 2 is 1.93 bits per heavy atom. The molecule has 0 aromatic rings. The highest BCUT2D eigenvalue weighted by molar-refractivity contribution is 4.86. The zero-order valence-electron chi connectivity index (χ0n) is 9.63. The summed E-state index contributed by atoms with van der Waals surface area (Å²) in [5.74, 6) is 0.816. The van der Waals surface area contributed by atoms with E-state index < -0.39 is 0 Å². The largest absolute Gasteiger partial charge is 0.313 e. The summed E-state index contributed by atoms with van der Waals surface area (Å²) in [4.78, 5) is 2.68. The molecule has 1 N–H and O–H groups in total. The van der Waals surface area contributed by atoms with Gasteiger partial charge in [0.15, 0.2) is 0 Å². The Morgan fingerprint density at radius 1 is 1.21 bits per heavy atom. The average Bonchev–Trinajstić information content (AvgIpc) is 2.98. The van der Waals surface area contributed by atoms with Crippen molar-refractivity contribution in [2.24, 2.45) is 5.92 Å². The van der Waals surface area contributed by atoms with Gasteiger partial charge >= 0.3 is 0 Å². The van der Waals surface area contributed by atoms with Crippen LogP contribution in [0, 0.1) is 5.92 Å². The highest BCUT2D eigenvalue weighted by Crippen LogP contribution is 2.27. The van der Waals surface area contributed by atoms with Crippen LogP contribution in [0.1, 0.15) is 39.5 Å². The molecular weight excluding hydrogens is 172 g/mol. The lowest BCUT2D eigenvalue weighted by Crippen LogP contribution is -2.36. The van der Waals surface area contributed by atoms with E-state index in [1.807, 2.05) is 0 Å². The molecule has 0 bridgehead atoms. The predicted molar refractivity (Wildman–Crippen MR) is 60.5 cm³/mol. The van der Waals surface area contributed by atoms with Crippen molar-refractivity contribution < 1.29 is 0 Å². The van der Waals surface area contributed by atoms with Crippen LogP contribution < -0.4 is 5.32 Å². The minimum absolute atomic E-state index is 0.816. The van der Waals surface area contributed by atoms with E-state index in [0.717, 1.165) is 18.0 Å². The van der Waals surface area contributed by atoms with Crippen LogP contribution >= 0.6 is 0 Å². The smallest absolute Gasteiger partial charge is 0.0110 e. The zero-order chi connectivity index (χ0) is 9.97. The predicted octanol–water partition coefficient (Wildman–Crippen LogP) is 1.86. The van der Waals surface area contributed by atoms with Gasteiger partial charge in [-0.15, -0.1) is 0 Å². The first-order valence-electron chi connectivity index (χ1n) is 6.23. The molecule has 2 heteroatoms. The van der Waals surface area contributed by atoms with Gasteiger partial charge in [0, 0.05) is 31.7 Å². The van der Waals surface area contributed by atoms with E-state index in [2.05, 4.69) is 24.1 Å². The Hall–Kier alpha value is -0.0800. The maximum atomic E-state index is 3.60. The lowest BCUT2D eigenvalue weighted by molar-refractivity contribution is 0.234. The molecule has 0 aromatic heterocycles. The van der Waals surface area contributed by atoms with Crippen LogP contribution in [-0.2, 0) is 0 Å². The molecule has 0 radical (unpaired) electrons. The lowest BCUT2D eigenvalue weighted by Gasteiger charge is -2.24. The van der Waals surface area contributed by atoms with Gasteiger partial charge in [-0.25, -0.2) is 0 Å². The molecule has 0 unspecified atom stereocenters. The maximum Gasteiger partial charge on any atom is 0.0110 e. The Labute approximate surface area is 88.1 Å². The first kappa shape index (κ1) is 10.4. The SMILES string of the molecule is CC(C)CN(CCNC1CC1)C1CC1. The number of nitrogens with zero attached hydrogens (tertiary/aromatic N) is 1. The average molecular weight is 196 g/mol. The molecule has 2 nitrogen and oxygen atoms in total. The summed E-state index contributed by atoms with van der Waals surface area (Å²) in [6.07, 6.45) is 5.70. The number of nitrogens with one attached hydrogen (secondary N) is 1. The van der Waals surface area contributed by atoms with E-state index in [9.17, 15) is 0 Å². The van der Waals surface area contributed by atoms with Gasteiger partial charge in [0.1, 0.15) is 0 Å².